The van der Waals surface area contributed by atoms with Crippen molar-refractivity contribution in [1.29, 1.82) is 0 Å². The Kier molecular flexibility index (Phi) is 5.12. The van der Waals surface area contributed by atoms with Gasteiger partial charge in [0.25, 0.3) is 0 Å². The zero-order valence-corrected chi connectivity index (χ0v) is 12.0. The minimum Gasteiger partial charge on any atom is -0.374 e. The number of morpholine rings is 1. The summed E-state index contributed by atoms with van der Waals surface area (Å²) >= 11 is 3.36. The molecule has 0 aliphatic carbocycles. The van der Waals surface area contributed by atoms with Crippen LogP contribution in [-0.2, 0) is 11.3 Å². The molecule has 5 heteroatoms. The van der Waals surface area contributed by atoms with Crippen LogP contribution in [0.3, 0.4) is 0 Å². The third-order valence-corrected chi connectivity index (χ3v) is 3.78. The minimum atomic E-state index is -0.220. The fourth-order valence-electron chi connectivity index (χ4n) is 2.02. The first-order valence-electron chi connectivity index (χ1n) is 6.10. The van der Waals surface area contributed by atoms with Crippen LogP contribution >= 0.6 is 15.9 Å². The van der Waals surface area contributed by atoms with E-state index in [9.17, 15) is 4.39 Å². The van der Waals surface area contributed by atoms with Crippen LogP contribution in [0.2, 0.25) is 0 Å². The number of rotatable bonds is 4. The third kappa shape index (κ3) is 4.02. The van der Waals surface area contributed by atoms with Crippen LogP contribution in [0.5, 0.6) is 0 Å². The maximum Gasteiger partial charge on any atom is 0.124 e. The first-order chi connectivity index (χ1) is 8.65. The van der Waals surface area contributed by atoms with Gasteiger partial charge in [-0.2, -0.15) is 0 Å². The standard InChI is InChI=1S/C13H18BrFN2O/c1-17-4-5-18-12(9-17)8-16-7-10-2-3-11(15)6-13(10)14/h2-3,6,12,16H,4-5,7-9H2,1H3. The number of ether oxygens (including phenoxy) is 1. The quantitative estimate of drug-likeness (QED) is 0.919. The van der Waals surface area contributed by atoms with Gasteiger partial charge in [0.15, 0.2) is 0 Å². The van der Waals surface area contributed by atoms with Gasteiger partial charge >= 0.3 is 0 Å². The summed E-state index contributed by atoms with van der Waals surface area (Å²) in [7, 11) is 2.10. The lowest BCUT2D eigenvalue weighted by molar-refractivity contribution is -0.0182. The normalized spacial score (nSPS) is 21.2. The zero-order chi connectivity index (χ0) is 13.0. The Balaban J connectivity index is 1.77. The highest BCUT2D eigenvalue weighted by Gasteiger charge is 2.16. The molecule has 1 N–H and O–H groups in total. The van der Waals surface area contributed by atoms with Crippen LogP contribution in [-0.4, -0.2) is 44.3 Å². The first kappa shape index (κ1) is 13.9. The molecular formula is C13H18BrFN2O. The molecule has 100 valence electrons. The molecule has 0 aromatic heterocycles. The summed E-state index contributed by atoms with van der Waals surface area (Å²) in [5.41, 5.74) is 1.06. The van der Waals surface area contributed by atoms with Gasteiger partial charge in [-0.05, 0) is 24.7 Å². The van der Waals surface area contributed by atoms with Crippen molar-refractivity contribution in [2.45, 2.75) is 12.6 Å². The SMILES string of the molecule is CN1CCOC(CNCc2ccc(F)cc2Br)C1. The van der Waals surface area contributed by atoms with Gasteiger partial charge in [-0.3, -0.25) is 0 Å². The van der Waals surface area contributed by atoms with E-state index in [0.29, 0.717) is 6.54 Å². The average molecular weight is 317 g/mol. The van der Waals surface area contributed by atoms with E-state index in [-0.39, 0.29) is 11.9 Å². The summed E-state index contributed by atoms with van der Waals surface area (Å²) in [5.74, 6) is -0.220. The van der Waals surface area contributed by atoms with Crippen LogP contribution in [0.4, 0.5) is 4.39 Å². The molecule has 1 atom stereocenters. The number of halogens is 2. The second-order valence-corrected chi connectivity index (χ2v) is 5.48. The van der Waals surface area contributed by atoms with Gasteiger partial charge in [0.2, 0.25) is 0 Å². The van der Waals surface area contributed by atoms with Crippen molar-refractivity contribution in [3.8, 4) is 0 Å². The molecule has 3 nitrogen and oxygen atoms in total. The van der Waals surface area contributed by atoms with E-state index in [4.69, 9.17) is 4.74 Å². The topological polar surface area (TPSA) is 24.5 Å². The monoisotopic (exact) mass is 316 g/mol. The zero-order valence-electron chi connectivity index (χ0n) is 10.5. The Morgan fingerprint density at radius 3 is 3.11 bits per heavy atom. The van der Waals surface area contributed by atoms with Gasteiger partial charge in [0, 0.05) is 30.7 Å². The van der Waals surface area contributed by atoms with Crippen LogP contribution in [0.15, 0.2) is 22.7 Å². The van der Waals surface area contributed by atoms with E-state index in [1.165, 1.54) is 12.1 Å². The third-order valence-electron chi connectivity index (χ3n) is 3.04. The minimum absolute atomic E-state index is 0.220. The Bertz CT molecular complexity index is 403. The van der Waals surface area contributed by atoms with Crippen LogP contribution < -0.4 is 5.32 Å². The number of hydrogen-bond donors (Lipinski definition) is 1. The lowest BCUT2D eigenvalue weighted by Crippen LogP contribution is -2.44. The van der Waals surface area contributed by atoms with Crippen molar-refractivity contribution in [3.05, 3.63) is 34.1 Å². The van der Waals surface area contributed by atoms with Crippen molar-refractivity contribution < 1.29 is 9.13 Å². The summed E-state index contributed by atoms with van der Waals surface area (Å²) < 4.78 is 19.4. The molecule has 0 radical (unpaired) electrons. The molecular weight excluding hydrogens is 299 g/mol. The van der Waals surface area contributed by atoms with E-state index in [1.54, 1.807) is 6.07 Å². The summed E-state index contributed by atoms with van der Waals surface area (Å²) in [6, 6.07) is 4.76. The second kappa shape index (κ2) is 6.61. The summed E-state index contributed by atoms with van der Waals surface area (Å²) in [6.45, 7) is 4.28. The summed E-state index contributed by atoms with van der Waals surface area (Å²) in [6.07, 6.45) is 0.239. The number of likely N-dealkylation sites (N-methyl/N-ethyl adjacent to an activating group) is 1. The summed E-state index contributed by atoms with van der Waals surface area (Å²) in [5, 5.41) is 3.35. The Morgan fingerprint density at radius 1 is 1.56 bits per heavy atom. The van der Waals surface area contributed by atoms with E-state index >= 15 is 0 Å². The molecule has 18 heavy (non-hydrogen) atoms. The van der Waals surface area contributed by atoms with E-state index in [1.807, 2.05) is 0 Å². The predicted octanol–water partition coefficient (Wildman–Crippen LogP) is 2.01. The number of benzene rings is 1. The maximum atomic E-state index is 12.9. The smallest absolute Gasteiger partial charge is 0.124 e. The molecule has 1 unspecified atom stereocenters. The number of hydrogen-bond acceptors (Lipinski definition) is 3. The highest BCUT2D eigenvalue weighted by atomic mass is 79.9. The fraction of sp³-hybridized carbons (Fsp3) is 0.538. The van der Waals surface area contributed by atoms with Crippen molar-refractivity contribution in [2.24, 2.45) is 0 Å². The second-order valence-electron chi connectivity index (χ2n) is 4.62. The molecule has 1 saturated heterocycles. The first-order valence-corrected chi connectivity index (χ1v) is 6.89. The number of nitrogens with zero attached hydrogens (tertiary/aromatic N) is 1. The van der Waals surface area contributed by atoms with Crippen LogP contribution in [0, 0.1) is 5.82 Å². The van der Waals surface area contributed by atoms with Crippen LogP contribution in [0.1, 0.15) is 5.56 Å². The van der Waals surface area contributed by atoms with Gasteiger partial charge in [-0.1, -0.05) is 22.0 Å². The molecule has 0 spiro atoms. The van der Waals surface area contributed by atoms with Gasteiger partial charge in [-0.25, -0.2) is 4.39 Å². The Hall–Kier alpha value is -0.490. The fourth-order valence-corrected chi connectivity index (χ4v) is 2.51. The van der Waals surface area contributed by atoms with Gasteiger partial charge in [0.05, 0.1) is 12.7 Å². The molecule has 0 amide bonds. The van der Waals surface area contributed by atoms with Gasteiger partial charge in [-0.15, -0.1) is 0 Å². The Labute approximate surface area is 115 Å². The highest BCUT2D eigenvalue weighted by molar-refractivity contribution is 9.10. The van der Waals surface area contributed by atoms with E-state index < -0.39 is 0 Å². The Morgan fingerprint density at radius 2 is 2.39 bits per heavy atom. The largest absolute Gasteiger partial charge is 0.374 e. The van der Waals surface area contributed by atoms with Gasteiger partial charge in [0.1, 0.15) is 5.82 Å². The molecule has 1 fully saturated rings. The lowest BCUT2D eigenvalue weighted by Gasteiger charge is -2.30. The molecule has 0 saturated carbocycles. The van der Waals surface area contributed by atoms with E-state index in [0.717, 1.165) is 36.3 Å². The number of nitrogens with one attached hydrogen (secondary N) is 1. The molecule has 0 bridgehead atoms. The highest BCUT2D eigenvalue weighted by Crippen LogP contribution is 2.17. The van der Waals surface area contributed by atoms with Gasteiger partial charge < -0.3 is 15.0 Å². The van der Waals surface area contributed by atoms with Crippen molar-refractivity contribution in [1.82, 2.24) is 10.2 Å². The molecule has 1 aliphatic rings. The van der Waals surface area contributed by atoms with Crippen molar-refractivity contribution >= 4 is 15.9 Å². The predicted molar refractivity (Wildman–Crippen MR) is 73.0 cm³/mol. The van der Waals surface area contributed by atoms with Crippen LogP contribution in [0.25, 0.3) is 0 Å². The van der Waals surface area contributed by atoms with Crippen molar-refractivity contribution in [3.63, 3.8) is 0 Å². The molecule has 1 aliphatic heterocycles. The molecule has 1 heterocycles. The molecule has 2 rings (SSSR count). The van der Waals surface area contributed by atoms with Crippen molar-refractivity contribution in [2.75, 3.05) is 33.3 Å². The average Bonchev–Trinajstić information content (AvgIpc) is 2.32. The molecule has 1 aromatic rings. The summed E-state index contributed by atoms with van der Waals surface area (Å²) in [4.78, 5) is 2.27. The maximum absolute atomic E-state index is 12.9. The van der Waals surface area contributed by atoms with E-state index in [2.05, 4.69) is 33.2 Å². The lowest BCUT2D eigenvalue weighted by atomic mass is 10.2. The molecule has 1 aromatic carbocycles.